The number of nitrogens with zero attached hydrogens (tertiary/aromatic N) is 2. The third-order valence-corrected chi connectivity index (χ3v) is 6.84. The van der Waals surface area contributed by atoms with Gasteiger partial charge in [-0.25, -0.2) is 0 Å². The molecule has 142 valence electrons. The molecule has 5 atom stereocenters. The highest BCUT2D eigenvalue weighted by Gasteiger charge is 2.45. The molecule has 3 aliphatic rings. The van der Waals surface area contributed by atoms with Crippen molar-refractivity contribution in [3.05, 3.63) is 27.7 Å². The molecule has 4 rings (SSSR count). The van der Waals surface area contributed by atoms with Crippen LogP contribution in [0.2, 0.25) is 10.0 Å². The van der Waals surface area contributed by atoms with E-state index in [4.69, 9.17) is 23.2 Å². The summed E-state index contributed by atoms with van der Waals surface area (Å²) in [7, 11) is 0. The van der Waals surface area contributed by atoms with Crippen molar-refractivity contribution in [1.29, 1.82) is 0 Å². The number of carbonyl (C=O) groups is 1. The molecule has 1 aliphatic carbocycles. The maximum Gasteiger partial charge on any atom is 0.237 e. The first-order chi connectivity index (χ1) is 12.3. The molecule has 3 N–H and O–H groups in total. The Morgan fingerprint density at radius 3 is 2.38 bits per heavy atom. The summed E-state index contributed by atoms with van der Waals surface area (Å²) in [6.45, 7) is 1.51. The molecular formula is C18H22Cl2N2O4. The molecule has 0 unspecified atom stereocenters. The molecule has 0 aromatic heterocycles. The minimum absolute atomic E-state index is 0.0216. The number of carbonyl (C=O) groups excluding carboxylic acids is 1. The number of benzene rings is 1. The fraction of sp³-hybridized carbons (Fsp3) is 0.611. The van der Waals surface area contributed by atoms with E-state index < -0.39 is 12.2 Å². The van der Waals surface area contributed by atoms with Crippen LogP contribution >= 0.6 is 23.2 Å². The molecule has 0 bridgehead atoms. The van der Waals surface area contributed by atoms with Gasteiger partial charge in [0, 0.05) is 36.7 Å². The Morgan fingerprint density at radius 1 is 1.00 bits per heavy atom. The maximum absolute atomic E-state index is 12.7. The van der Waals surface area contributed by atoms with Crippen molar-refractivity contribution in [2.24, 2.45) is 0 Å². The van der Waals surface area contributed by atoms with Crippen molar-refractivity contribution < 1.29 is 20.1 Å². The first-order valence-corrected chi connectivity index (χ1v) is 9.67. The normalized spacial score (nSPS) is 35.2. The summed E-state index contributed by atoms with van der Waals surface area (Å²) in [6, 6.07) is 3.16. The van der Waals surface area contributed by atoms with Crippen LogP contribution in [0, 0.1) is 0 Å². The lowest BCUT2D eigenvalue weighted by atomic mass is 9.95. The van der Waals surface area contributed by atoms with Gasteiger partial charge in [0.05, 0.1) is 28.8 Å². The molecule has 6 nitrogen and oxygen atoms in total. The molecule has 1 amide bonds. The van der Waals surface area contributed by atoms with E-state index in [2.05, 4.69) is 4.90 Å². The summed E-state index contributed by atoms with van der Waals surface area (Å²) in [5.74, 6) is 0.0859. The van der Waals surface area contributed by atoms with E-state index in [1.54, 1.807) is 6.07 Å². The number of aliphatic hydroxyl groups excluding tert-OH is 2. The van der Waals surface area contributed by atoms with Gasteiger partial charge in [-0.1, -0.05) is 23.2 Å². The number of piperazine rings is 1. The lowest BCUT2D eigenvalue weighted by Gasteiger charge is -2.40. The molecule has 26 heavy (non-hydrogen) atoms. The number of rotatable bonds is 2. The van der Waals surface area contributed by atoms with Crippen LogP contribution in [0.4, 0.5) is 0 Å². The Hall–Kier alpha value is -1.05. The monoisotopic (exact) mass is 400 g/mol. The van der Waals surface area contributed by atoms with E-state index in [9.17, 15) is 20.1 Å². The van der Waals surface area contributed by atoms with Gasteiger partial charge < -0.3 is 20.2 Å². The molecular weight excluding hydrogens is 379 g/mol. The Bertz CT molecular complexity index is 721. The fourth-order valence-corrected chi connectivity index (χ4v) is 5.17. The molecule has 0 radical (unpaired) electrons. The van der Waals surface area contributed by atoms with Gasteiger partial charge in [0.25, 0.3) is 0 Å². The smallest absolute Gasteiger partial charge is 0.237 e. The van der Waals surface area contributed by atoms with Crippen LogP contribution in [-0.4, -0.2) is 75.0 Å². The van der Waals surface area contributed by atoms with Crippen LogP contribution in [0.1, 0.15) is 30.7 Å². The van der Waals surface area contributed by atoms with Crippen molar-refractivity contribution in [2.75, 3.05) is 19.6 Å². The van der Waals surface area contributed by atoms with Crippen LogP contribution in [-0.2, 0) is 4.79 Å². The number of aliphatic hydroxyl groups is 2. The van der Waals surface area contributed by atoms with E-state index in [0.29, 0.717) is 54.5 Å². The molecule has 1 aromatic rings. The lowest BCUT2D eigenvalue weighted by Crippen LogP contribution is -2.56. The van der Waals surface area contributed by atoms with Gasteiger partial charge >= 0.3 is 0 Å². The Kier molecular flexibility index (Phi) is 4.82. The van der Waals surface area contributed by atoms with Gasteiger partial charge in [0.2, 0.25) is 5.91 Å². The summed E-state index contributed by atoms with van der Waals surface area (Å²) in [5.41, 5.74) is 0.611. The zero-order valence-electron chi connectivity index (χ0n) is 14.2. The lowest BCUT2D eigenvalue weighted by molar-refractivity contribution is -0.138. The first kappa shape index (κ1) is 18.3. The number of hydrogen-bond donors (Lipinski definition) is 3. The fourth-order valence-electron chi connectivity index (χ4n) is 4.69. The predicted molar refractivity (Wildman–Crippen MR) is 97.6 cm³/mol. The first-order valence-electron chi connectivity index (χ1n) is 8.91. The van der Waals surface area contributed by atoms with E-state index >= 15 is 0 Å². The Balaban J connectivity index is 1.52. The zero-order chi connectivity index (χ0) is 18.6. The van der Waals surface area contributed by atoms with Crippen molar-refractivity contribution in [3.8, 4) is 5.75 Å². The number of fused-ring (bicyclic) bond motifs is 1. The molecule has 3 fully saturated rings. The van der Waals surface area contributed by atoms with Gasteiger partial charge in [-0.3, -0.25) is 9.69 Å². The van der Waals surface area contributed by atoms with Crippen molar-refractivity contribution in [2.45, 2.75) is 49.5 Å². The van der Waals surface area contributed by atoms with Gasteiger partial charge in [-0.15, -0.1) is 0 Å². The van der Waals surface area contributed by atoms with E-state index in [1.165, 1.54) is 6.07 Å². The SMILES string of the molecule is O=C1CN([C@@H]2C[C@@H](O)[C@@H](O)C2)C[C@@H]2C[C@H](c3c(O)ccc(Cl)c3Cl)CN12. The van der Waals surface area contributed by atoms with E-state index in [0.717, 1.165) is 0 Å². The number of amides is 1. The standard InChI is InChI=1S/C18H22Cl2N2O4/c19-12-1-2-13(23)17(18(12)20)9-3-11-7-21(8-16(26)22(11)6-9)10-4-14(24)15(25)5-10/h1-2,9-11,14-15,23-25H,3-8H2/t9-,10-,11-,14-,15+/m0/s1. The van der Waals surface area contributed by atoms with Crippen LogP contribution in [0.3, 0.4) is 0 Å². The summed E-state index contributed by atoms with van der Waals surface area (Å²) in [4.78, 5) is 16.6. The third-order valence-electron chi connectivity index (χ3n) is 6.02. The van der Waals surface area contributed by atoms with Crippen molar-refractivity contribution in [1.82, 2.24) is 9.80 Å². The number of halogens is 2. The molecule has 2 saturated heterocycles. The van der Waals surface area contributed by atoms with Crippen LogP contribution in [0.15, 0.2) is 12.1 Å². The van der Waals surface area contributed by atoms with Crippen LogP contribution in [0.5, 0.6) is 5.75 Å². The molecule has 2 aliphatic heterocycles. The second-order valence-electron chi connectivity index (χ2n) is 7.62. The van der Waals surface area contributed by atoms with Gasteiger partial charge in [0.15, 0.2) is 0 Å². The van der Waals surface area contributed by atoms with Crippen LogP contribution < -0.4 is 0 Å². The average molecular weight is 401 g/mol. The number of aromatic hydroxyl groups is 1. The molecule has 8 heteroatoms. The van der Waals surface area contributed by atoms with Crippen molar-refractivity contribution in [3.63, 3.8) is 0 Å². The largest absolute Gasteiger partial charge is 0.508 e. The summed E-state index contributed by atoms with van der Waals surface area (Å²) >= 11 is 12.4. The van der Waals surface area contributed by atoms with Gasteiger partial charge in [0.1, 0.15) is 5.75 Å². The van der Waals surface area contributed by atoms with Crippen LogP contribution in [0.25, 0.3) is 0 Å². The minimum atomic E-state index is -0.716. The third kappa shape index (κ3) is 3.08. The Morgan fingerprint density at radius 2 is 1.69 bits per heavy atom. The van der Waals surface area contributed by atoms with E-state index in [1.807, 2.05) is 4.90 Å². The summed E-state index contributed by atoms with van der Waals surface area (Å²) in [6.07, 6.45) is 0.253. The predicted octanol–water partition coefficient (Wildman–Crippen LogP) is 1.58. The average Bonchev–Trinajstić information content (AvgIpc) is 3.16. The number of hydrogen-bond acceptors (Lipinski definition) is 5. The highest BCUT2D eigenvalue weighted by Crippen LogP contribution is 2.44. The topological polar surface area (TPSA) is 84.2 Å². The summed E-state index contributed by atoms with van der Waals surface area (Å²) in [5, 5.41) is 30.6. The highest BCUT2D eigenvalue weighted by atomic mass is 35.5. The number of phenolic OH excluding ortho intramolecular Hbond substituents is 1. The number of phenols is 1. The second-order valence-corrected chi connectivity index (χ2v) is 8.40. The minimum Gasteiger partial charge on any atom is -0.508 e. The van der Waals surface area contributed by atoms with Gasteiger partial charge in [-0.05, 0) is 31.4 Å². The highest BCUT2D eigenvalue weighted by molar-refractivity contribution is 6.42. The molecule has 1 saturated carbocycles. The molecule has 0 spiro atoms. The van der Waals surface area contributed by atoms with E-state index in [-0.39, 0.29) is 29.7 Å². The van der Waals surface area contributed by atoms with Crippen molar-refractivity contribution >= 4 is 29.1 Å². The quantitative estimate of drug-likeness (QED) is 0.701. The Labute approximate surface area is 161 Å². The second kappa shape index (κ2) is 6.84. The molecule has 1 aromatic carbocycles. The maximum atomic E-state index is 12.7. The zero-order valence-corrected chi connectivity index (χ0v) is 15.7. The molecule has 2 heterocycles. The van der Waals surface area contributed by atoms with Gasteiger partial charge in [-0.2, -0.15) is 0 Å². The summed E-state index contributed by atoms with van der Waals surface area (Å²) < 4.78 is 0.